The van der Waals surface area contributed by atoms with Gasteiger partial charge in [0.1, 0.15) is 0 Å². The summed E-state index contributed by atoms with van der Waals surface area (Å²) in [6, 6.07) is 1.80. The predicted molar refractivity (Wildman–Crippen MR) is 72.0 cm³/mol. The summed E-state index contributed by atoms with van der Waals surface area (Å²) in [5.74, 6) is 1.07. The monoisotopic (exact) mass is 253 g/mol. The molecule has 0 saturated heterocycles. The zero-order valence-corrected chi connectivity index (χ0v) is 11.7. The van der Waals surface area contributed by atoms with Crippen molar-refractivity contribution < 1.29 is 9.84 Å². The number of aromatic nitrogens is 2. The van der Waals surface area contributed by atoms with Crippen molar-refractivity contribution in [2.75, 3.05) is 18.5 Å². The van der Waals surface area contributed by atoms with Crippen LogP contribution in [0, 0.1) is 6.92 Å². The van der Waals surface area contributed by atoms with Crippen LogP contribution in [-0.2, 0) is 0 Å². The molecule has 0 aromatic carbocycles. The second-order valence-corrected chi connectivity index (χ2v) is 4.72. The third kappa shape index (κ3) is 4.87. The van der Waals surface area contributed by atoms with Gasteiger partial charge in [0.2, 0.25) is 11.8 Å². The van der Waals surface area contributed by atoms with Crippen LogP contribution in [0.2, 0.25) is 0 Å². The zero-order chi connectivity index (χ0) is 13.6. The molecule has 102 valence electrons. The Kier molecular flexibility index (Phi) is 5.34. The van der Waals surface area contributed by atoms with E-state index < -0.39 is 5.60 Å². The lowest BCUT2D eigenvalue weighted by Crippen LogP contribution is -2.33. The molecule has 1 unspecified atom stereocenters. The highest BCUT2D eigenvalue weighted by Crippen LogP contribution is 2.14. The Morgan fingerprint density at radius 3 is 2.72 bits per heavy atom. The van der Waals surface area contributed by atoms with Crippen LogP contribution in [0.15, 0.2) is 6.07 Å². The number of nitrogens with one attached hydrogen (secondary N) is 1. The van der Waals surface area contributed by atoms with E-state index in [2.05, 4.69) is 15.3 Å². The number of aryl methyl sites for hydroxylation is 1. The molecule has 1 aromatic rings. The average molecular weight is 253 g/mol. The van der Waals surface area contributed by atoms with Crippen molar-refractivity contribution >= 4 is 5.95 Å². The van der Waals surface area contributed by atoms with Crippen molar-refractivity contribution in [1.29, 1.82) is 0 Å². The van der Waals surface area contributed by atoms with Gasteiger partial charge in [-0.2, -0.15) is 4.98 Å². The van der Waals surface area contributed by atoms with E-state index in [1.165, 1.54) is 0 Å². The highest BCUT2D eigenvalue weighted by Gasteiger charge is 2.17. The minimum atomic E-state index is -0.752. The first kappa shape index (κ1) is 14.7. The number of hydrogen-bond acceptors (Lipinski definition) is 5. The Morgan fingerprint density at radius 2 is 2.11 bits per heavy atom. The number of rotatable bonds is 7. The van der Waals surface area contributed by atoms with Gasteiger partial charge in [-0.05, 0) is 26.7 Å². The third-order valence-electron chi connectivity index (χ3n) is 2.67. The van der Waals surface area contributed by atoms with Crippen molar-refractivity contribution in [3.8, 4) is 5.88 Å². The van der Waals surface area contributed by atoms with Gasteiger partial charge in [0.15, 0.2) is 0 Å². The molecule has 0 fully saturated rings. The zero-order valence-electron chi connectivity index (χ0n) is 11.7. The van der Waals surface area contributed by atoms with Gasteiger partial charge >= 0.3 is 0 Å². The van der Waals surface area contributed by atoms with Crippen molar-refractivity contribution in [2.24, 2.45) is 0 Å². The Hall–Kier alpha value is -1.36. The summed E-state index contributed by atoms with van der Waals surface area (Å²) in [5.41, 5.74) is 0.0899. The molecule has 1 rings (SSSR count). The Balaban J connectivity index is 2.68. The summed E-state index contributed by atoms with van der Waals surface area (Å²) in [5, 5.41) is 13.0. The maximum atomic E-state index is 9.92. The first-order valence-corrected chi connectivity index (χ1v) is 6.41. The van der Waals surface area contributed by atoms with E-state index in [1.807, 2.05) is 20.8 Å². The molecule has 18 heavy (non-hydrogen) atoms. The van der Waals surface area contributed by atoms with Crippen LogP contribution in [0.4, 0.5) is 5.95 Å². The first-order valence-electron chi connectivity index (χ1n) is 6.41. The minimum Gasteiger partial charge on any atom is -0.478 e. The van der Waals surface area contributed by atoms with Crippen LogP contribution in [0.5, 0.6) is 5.88 Å². The van der Waals surface area contributed by atoms with Crippen LogP contribution in [0.3, 0.4) is 0 Å². The molecule has 0 radical (unpaired) electrons. The van der Waals surface area contributed by atoms with E-state index in [9.17, 15) is 5.11 Å². The number of anilines is 1. The molecule has 5 nitrogen and oxygen atoms in total. The molecule has 1 heterocycles. The second-order valence-electron chi connectivity index (χ2n) is 4.72. The summed E-state index contributed by atoms with van der Waals surface area (Å²) in [6.07, 6.45) is 1.61. The van der Waals surface area contributed by atoms with Gasteiger partial charge in [-0.1, -0.05) is 13.8 Å². The van der Waals surface area contributed by atoms with Gasteiger partial charge in [0.25, 0.3) is 0 Å². The molecular weight excluding hydrogens is 230 g/mol. The highest BCUT2D eigenvalue weighted by molar-refractivity contribution is 5.31. The molecule has 2 N–H and O–H groups in total. The fourth-order valence-corrected chi connectivity index (χ4v) is 1.29. The molecular formula is C13H23N3O2. The number of aliphatic hydroxyl groups is 1. The molecule has 0 bridgehead atoms. The first-order chi connectivity index (χ1) is 8.46. The minimum absolute atomic E-state index is 0.417. The largest absolute Gasteiger partial charge is 0.478 e. The van der Waals surface area contributed by atoms with Crippen LogP contribution in [0.25, 0.3) is 0 Å². The highest BCUT2D eigenvalue weighted by atomic mass is 16.5. The predicted octanol–water partition coefficient (Wildman–Crippen LogP) is 2.15. The fourth-order valence-electron chi connectivity index (χ4n) is 1.29. The lowest BCUT2D eigenvalue weighted by Gasteiger charge is -2.21. The summed E-state index contributed by atoms with van der Waals surface area (Å²) in [7, 11) is 0. The van der Waals surface area contributed by atoms with E-state index in [0.717, 1.165) is 12.1 Å². The van der Waals surface area contributed by atoms with Crippen molar-refractivity contribution in [3.05, 3.63) is 11.8 Å². The van der Waals surface area contributed by atoms with E-state index in [0.29, 0.717) is 31.4 Å². The fraction of sp³-hybridized carbons (Fsp3) is 0.692. The third-order valence-corrected chi connectivity index (χ3v) is 2.67. The summed E-state index contributed by atoms with van der Waals surface area (Å²) in [4.78, 5) is 8.52. The lowest BCUT2D eigenvalue weighted by atomic mass is 10.0. The molecule has 0 aliphatic carbocycles. The Bertz CT molecular complexity index is 380. The number of nitrogens with zero attached hydrogens (tertiary/aromatic N) is 2. The molecule has 0 saturated carbocycles. The molecule has 5 heteroatoms. The van der Waals surface area contributed by atoms with Crippen molar-refractivity contribution in [3.63, 3.8) is 0 Å². The maximum Gasteiger partial charge on any atom is 0.226 e. The number of hydrogen-bond donors (Lipinski definition) is 2. The molecule has 1 aromatic heterocycles. The van der Waals surface area contributed by atoms with Crippen LogP contribution < -0.4 is 10.1 Å². The summed E-state index contributed by atoms with van der Waals surface area (Å²) in [6.45, 7) is 8.72. The Labute approximate surface area is 109 Å². The van der Waals surface area contributed by atoms with Gasteiger partial charge in [0, 0.05) is 18.3 Å². The van der Waals surface area contributed by atoms with Crippen LogP contribution in [-0.4, -0.2) is 33.8 Å². The Morgan fingerprint density at radius 1 is 1.39 bits per heavy atom. The second kappa shape index (κ2) is 6.54. The van der Waals surface area contributed by atoms with E-state index in [1.54, 1.807) is 13.0 Å². The smallest absolute Gasteiger partial charge is 0.226 e. The van der Waals surface area contributed by atoms with Gasteiger partial charge in [-0.25, -0.2) is 4.98 Å². The van der Waals surface area contributed by atoms with E-state index in [4.69, 9.17) is 4.74 Å². The van der Waals surface area contributed by atoms with Gasteiger partial charge in [-0.15, -0.1) is 0 Å². The SMILES string of the molecule is CCCOc1cc(C)nc(NCC(C)(O)CC)n1. The topological polar surface area (TPSA) is 67.3 Å². The average Bonchev–Trinajstić information content (AvgIpc) is 2.33. The molecule has 0 aliphatic heterocycles. The molecule has 1 atom stereocenters. The van der Waals surface area contributed by atoms with Crippen molar-refractivity contribution in [1.82, 2.24) is 9.97 Å². The van der Waals surface area contributed by atoms with E-state index in [-0.39, 0.29) is 0 Å². The van der Waals surface area contributed by atoms with E-state index >= 15 is 0 Å². The number of ether oxygens (including phenoxy) is 1. The van der Waals surface area contributed by atoms with Gasteiger partial charge < -0.3 is 15.2 Å². The summed E-state index contributed by atoms with van der Waals surface area (Å²) >= 11 is 0. The van der Waals surface area contributed by atoms with Crippen LogP contribution in [0.1, 0.15) is 39.3 Å². The van der Waals surface area contributed by atoms with Gasteiger partial charge in [-0.3, -0.25) is 0 Å². The molecule has 0 aliphatic rings. The molecule has 0 spiro atoms. The molecule has 0 amide bonds. The summed E-state index contributed by atoms with van der Waals surface area (Å²) < 4.78 is 5.48. The standard InChI is InChI=1S/C13H23N3O2/c1-5-7-18-11-8-10(3)15-12(16-11)14-9-13(4,17)6-2/h8,17H,5-7,9H2,1-4H3,(H,14,15,16). The van der Waals surface area contributed by atoms with Crippen molar-refractivity contribution in [2.45, 2.75) is 46.1 Å². The maximum absolute atomic E-state index is 9.92. The van der Waals surface area contributed by atoms with Gasteiger partial charge in [0.05, 0.1) is 12.2 Å². The van der Waals surface area contributed by atoms with Crippen LogP contribution >= 0.6 is 0 Å². The quantitative estimate of drug-likeness (QED) is 0.779. The lowest BCUT2D eigenvalue weighted by molar-refractivity contribution is 0.0695. The normalized spacial score (nSPS) is 14.1.